The highest BCUT2D eigenvalue weighted by molar-refractivity contribution is 7.13. The first kappa shape index (κ1) is 17.4. The van der Waals surface area contributed by atoms with Crippen LogP contribution in [0.3, 0.4) is 0 Å². The standard InChI is InChI=1S/C17H25N3O3S/c1-3-14-18-12(2)15(24-14)17(22)19-6-4-13(5-7-19)16(21)20-8-10-23-11-9-20/h13H,3-11H2,1-2H3. The lowest BCUT2D eigenvalue weighted by Crippen LogP contribution is -2.47. The Kier molecular flexibility index (Phi) is 5.50. The molecule has 0 spiro atoms. The molecule has 132 valence electrons. The van der Waals surface area contributed by atoms with Crippen molar-refractivity contribution in [2.45, 2.75) is 33.1 Å². The van der Waals surface area contributed by atoms with Crippen molar-refractivity contribution in [2.24, 2.45) is 5.92 Å². The Balaban J connectivity index is 1.57. The van der Waals surface area contributed by atoms with Crippen molar-refractivity contribution in [3.63, 3.8) is 0 Å². The molecular weight excluding hydrogens is 326 g/mol. The summed E-state index contributed by atoms with van der Waals surface area (Å²) in [5.74, 6) is 0.343. The number of aromatic nitrogens is 1. The topological polar surface area (TPSA) is 62.7 Å². The molecule has 1 aromatic heterocycles. The van der Waals surface area contributed by atoms with Gasteiger partial charge in [-0.1, -0.05) is 6.92 Å². The lowest BCUT2D eigenvalue weighted by atomic mass is 9.95. The first-order valence-electron chi connectivity index (χ1n) is 8.72. The van der Waals surface area contributed by atoms with Crippen molar-refractivity contribution in [1.29, 1.82) is 0 Å². The molecule has 3 heterocycles. The van der Waals surface area contributed by atoms with Crippen LogP contribution in [0.2, 0.25) is 0 Å². The second-order valence-corrected chi connectivity index (χ2v) is 7.46. The summed E-state index contributed by atoms with van der Waals surface area (Å²) in [4.78, 5) is 34.3. The molecule has 0 atom stereocenters. The number of morpholine rings is 1. The number of ether oxygens (including phenoxy) is 1. The molecular formula is C17H25N3O3S. The van der Waals surface area contributed by atoms with Crippen molar-refractivity contribution < 1.29 is 14.3 Å². The minimum Gasteiger partial charge on any atom is -0.378 e. The number of piperidine rings is 1. The third-order valence-corrected chi connectivity index (χ3v) is 6.08. The molecule has 2 amide bonds. The summed E-state index contributed by atoms with van der Waals surface area (Å²) in [5, 5.41) is 1.01. The fraction of sp³-hybridized carbons (Fsp3) is 0.706. The van der Waals surface area contributed by atoms with Crippen LogP contribution in [0.5, 0.6) is 0 Å². The van der Waals surface area contributed by atoms with Crippen molar-refractivity contribution in [1.82, 2.24) is 14.8 Å². The van der Waals surface area contributed by atoms with E-state index >= 15 is 0 Å². The van der Waals surface area contributed by atoms with Gasteiger partial charge < -0.3 is 14.5 Å². The average Bonchev–Trinajstić information content (AvgIpc) is 3.02. The molecule has 2 saturated heterocycles. The Labute approximate surface area is 146 Å². The van der Waals surface area contributed by atoms with Crippen LogP contribution in [0.1, 0.15) is 40.1 Å². The van der Waals surface area contributed by atoms with E-state index in [9.17, 15) is 9.59 Å². The van der Waals surface area contributed by atoms with E-state index in [4.69, 9.17) is 4.74 Å². The van der Waals surface area contributed by atoms with Crippen molar-refractivity contribution in [3.8, 4) is 0 Å². The summed E-state index contributed by atoms with van der Waals surface area (Å²) in [6.07, 6.45) is 2.36. The van der Waals surface area contributed by atoms with Crippen LogP contribution in [0.15, 0.2) is 0 Å². The van der Waals surface area contributed by atoms with Gasteiger partial charge in [0.25, 0.3) is 5.91 Å². The fourth-order valence-corrected chi connectivity index (χ4v) is 4.29. The van der Waals surface area contributed by atoms with Crippen molar-refractivity contribution >= 4 is 23.2 Å². The Morgan fingerprint density at radius 1 is 1.17 bits per heavy atom. The SMILES string of the molecule is CCc1nc(C)c(C(=O)N2CCC(C(=O)N3CCOCC3)CC2)s1. The number of hydrogen-bond donors (Lipinski definition) is 0. The second kappa shape index (κ2) is 7.61. The summed E-state index contributed by atoms with van der Waals surface area (Å²) in [6.45, 7) is 7.90. The van der Waals surface area contributed by atoms with Crippen LogP contribution < -0.4 is 0 Å². The maximum atomic E-state index is 12.7. The summed E-state index contributed by atoms with van der Waals surface area (Å²) in [5.41, 5.74) is 0.827. The van der Waals surface area contributed by atoms with E-state index < -0.39 is 0 Å². The Bertz CT molecular complexity index is 602. The van der Waals surface area contributed by atoms with E-state index in [-0.39, 0.29) is 17.7 Å². The molecule has 1 aromatic rings. The highest BCUT2D eigenvalue weighted by Crippen LogP contribution is 2.25. The van der Waals surface area contributed by atoms with Gasteiger partial charge in [0.2, 0.25) is 5.91 Å². The zero-order chi connectivity index (χ0) is 17.1. The second-order valence-electron chi connectivity index (χ2n) is 6.38. The molecule has 2 fully saturated rings. The molecule has 0 bridgehead atoms. The zero-order valence-electron chi connectivity index (χ0n) is 14.4. The quantitative estimate of drug-likeness (QED) is 0.832. The molecule has 0 saturated carbocycles. The van der Waals surface area contributed by atoms with Crippen LogP contribution in [-0.2, 0) is 16.0 Å². The zero-order valence-corrected chi connectivity index (χ0v) is 15.2. The number of rotatable bonds is 3. The molecule has 2 aliphatic rings. The monoisotopic (exact) mass is 351 g/mol. The Morgan fingerprint density at radius 3 is 2.42 bits per heavy atom. The van der Waals surface area contributed by atoms with Crippen LogP contribution in [0.25, 0.3) is 0 Å². The van der Waals surface area contributed by atoms with Gasteiger partial charge in [0.05, 0.1) is 23.9 Å². The number of hydrogen-bond acceptors (Lipinski definition) is 5. The summed E-state index contributed by atoms with van der Waals surface area (Å²) in [6, 6.07) is 0. The maximum absolute atomic E-state index is 12.7. The van der Waals surface area contributed by atoms with Gasteiger partial charge in [-0.2, -0.15) is 0 Å². The van der Waals surface area contributed by atoms with Gasteiger partial charge in [-0.3, -0.25) is 9.59 Å². The molecule has 6 nitrogen and oxygen atoms in total. The number of likely N-dealkylation sites (tertiary alicyclic amines) is 1. The van der Waals surface area contributed by atoms with Gasteiger partial charge in [0.15, 0.2) is 0 Å². The fourth-order valence-electron chi connectivity index (χ4n) is 3.32. The Morgan fingerprint density at radius 2 is 1.83 bits per heavy atom. The van der Waals surface area contributed by atoms with E-state index in [1.807, 2.05) is 16.7 Å². The molecule has 0 aromatic carbocycles. The molecule has 0 N–H and O–H groups in total. The van der Waals surface area contributed by atoms with Crippen molar-refractivity contribution in [3.05, 3.63) is 15.6 Å². The minimum atomic E-state index is 0.0425. The summed E-state index contributed by atoms with van der Waals surface area (Å²) < 4.78 is 5.31. The van der Waals surface area contributed by atoms with Crippen LogP contribution >= 0.6 is 11.3 Å². The highest BCUT2D eigenvalue weighted by Gasteiger charge is 2.32. The largest absolute Gasteiger partial charge is 0.378 e. The van der Waals surface area contributed by atoms with Crippen molar-refractivity contribution in [2.75, 3.05) is 39.4 Å². The molecule has 7 heteroatoms. The van der Waals surface area contributed by atoms with Gasteiger partial charge >= 0.3 is 0 Å². The maximum Gasteiger partial charge on any atom is 0.265 e. The third kappa shape index (κ3) is 3.62. The summed E-state index contributed by atoms with van der Waals surface area (Å²) >= 11 is 1.50. The number of nitrogens with zero attached hydrogens (tertiary/aromatic N) is 3. The number of carbonyl (C=O) groups is 2. The van der Waals surface area contributed by atoms with E-state index in [1.54, 1.807) is 0 Å². The number of amides is 2. The van der Waals surface area contributed by atoms with E-state index in [0.29, 0.717) is 39.4 Å². The molecule has 0 unspecified atom stereocenters. The van der Waals surface area contributed by atoms with E-state index in [0.717, 1.165) is 34.8 Å². The molecule has 24 heavy (non-hydrogen) atoms. The third-order valence-electron chi connectivity index (χ3n) is 4.79. The minimum absolute atomic E-state index is 0.0425. The predicted octanol–water partition coefficient (Wildman–Crippen LogP) is 1.72. The first-order chi connectivity index (χ1) is 11.6. The van der Waals surface area contributed by atoms with Gasteiger partial charge in [-0.25, -0.2) is 4.98 Å². The first-order valence-corrected chi connectivity index (χ1v) is 9.54. The van der Waals surface area contributed by atoms with E-state index in [2.05, 4.69) is 11.9 Å². The average molecular weight is 351 g/mol. The van der Waals surface area contributed by atoms with Crippen LogP contribution in [0, 0.1) is 12.8 Å². The Hall–Kier alpha value is -1.47. The number of aryl methyl sites for hydroxylation is 2. The highest BCUT2D eigenvalue weighted by atomic mass is 32.1. The normalized spacial score (nSPS) is 19.6. The van der Waals surface area contributed by atoms with Gasteiger partial charge in [-0.15, -0.1) is 11.3 Å². The van der Waals surface area contributed by atoms with Crippen LogP contribution in [-0.4, -0.2) is 66.0 Å². The number of thiazole rings is 1. The van der Waals surface area contributed by atoms with Gasteiger partial charge in [0, 0.05) is 32.1 Å². The predicted molar refractivity (Wildman–Crippen MR) is 92.3 cm³/mol. The molecule has 0 radical (unpaired) electrons. The number of carbonyl (C=O) groups excluding carboxylic acids is 2. The van der Waals surface area contributed by atoms with Crippen LogP contribution in [0.4, 0.5) is 0 Å². The molecule has 3 rings (SSSR count). The van der Waals surface area contributed by atoms with Gasteiger partial charge in [0.1, 0.15) is 4.88 Å². The van der Waals surface area contributed by atoms with E-state index in [1.165, 1.54) is 11.3 Å². The molecule has 0 aliphatic carbocycles. The lowest BCUT2D eigenvalue weighted by Gasteiger charge is -2.35. The smallest absolute Gasteiger partial charge is 0.265 e. The molecule has 2 aliphatic heterocycles. The summed E-state index contributed by atoms with van der Waals surface area (Å²) in [7, 11) is 0. The lowest BCUT2D eigenvalue weighted by molar-refractivity contribution is -0.141. The van der Waals surface area contributed by atoms with Gasteiger partial charge in [-0.05, 0) is 26.2 Å².